The lowest BCUT2D eigenvalue weighted by molar-refractivity contribution is 0.968. The van der Waals surface area contributed by atoms with Crippen molar-refractivity contribution in [1.82, 2.24) is 24.9 Å². The number of nitrogens with zero attached hydrogens (tertiary/aromatic N) is 4. The van der Waals surface area contributed by atoms with Crippen LogP contribution in [0.25, 0.3) is 11.2 Å². The number of pyridine rings is 1. The summed E-state index contributed by atoms with van der Waals surface area (Å²) in [5.74, 6) is 2.08. The number of hydrogen-bond acceptors (Lipinski definition) is 6. The van der Waals surface area contributed by atoms with Crippen LogP contribution in [0.1, 0.15) is 13.3 Å². The SMILES string of the molecule is CCCNc1ncnc2nc(Nc3ccccn3)[nH]c12. The van der Waals surface area contributed by atoms with Crippen molar-refractivity contribution < 1.29 is 0 Å². The first kappa shape index (κ1) is 12.3. The minimum atomic E-state index is 0.596. The molecule has 0 atom stereocenters. The highest BCUT2D eigenvalue weighted by atomic mass is 15.2. The van der Waals surface area contributed by atoms with Gasteiger partial charge < -0.3 is 15.6 Å². The Balaban J connectivity index is 1.90. The van der Waals surface area contributed by atoms with Crippen molar-refractivity contribution in [2.75, 3.05) is 17.2 Å². The second-order valence-electron chi connectivity index (χ2n) is 4.27. The predicted octanol–water partition coefficient (Wildman–Crippen LogP) is 2.31. The van der Waals surface area contributed by atoms with E-state index in [9.17, 15) is 0 Å². The lowest BCUT2D eigenvalue weighted by Crippen LogP contribution is -2.02. The first-order valence-corrected chi connectivity index (χ1v) is 6.49. The molecule has 0 aromatic carbocycles. The Hall–Kier alpha value is -2.70. The van der Waals surface area contributed by atoms with Gasteiger partial charge in [-0.25, -0.2) is 15.0 Å². The third-order valence-electron chi connectivity index (χ3n) is 2.74. The molecule has 0 fully saturated rings. The van der Waals surface area contributed by atoms with Crippen molar-refractivity contribution in [1.29, 1.82) is 0 Å². The zero-order valence-electron chi connectivity index (χ0n) is 11.1. The molecular weight excluding hydrogens is 254 g/mol. The molecule has 0 saturated carbocycles. The third kappa shape index (κ3) is 2.51. The molecule has 3 rings (SSSR count). The van der Waals surface area contributed by atoms with E-state index in [1.165, 1.54) is 6.33 Å². The van der Waals surface area contributed by atoms with E-state index in [1.807, 2.05) is 18.2 Å². The van der Waals surface area contributed by atoms with Crippen LogP contribution in [-0.2, 0) is 0 Å². The molecule has 0 radical (unpaired) electrons. The third-order valence-corrected chi connectivity index (χ3v) is 2.74. The lowest BCUT2D eigenvalue weighted by Gasteiger charge is -2.03. The van der Waals surface area contributed by atoms with Gasteiger partial charge in [0.1, 0.15) is 17.7 Å². The van der Waals surface area contributed by atoms with Crippen LogP contribution in [0.3, 0.4) is 0 Å². The zero-order valence-corrected chi connectivity index (χ0v) is 11.1. The zero-order chi connectivity index (χ0) is 13.8. The molecule has 7 heteroatoms. The van der Waals surface area contributed by atoms with Crippen molar-refractivity contribution in [2.45, 2.75) is 13.3 Å². The standard InChI is InChI=1S/C13H15N7/c1-2-6-15-11-10-12(17-8-16-11)20-13(19-10)18-9-5-3-4-7-14-9/h3-5,7-8H,2,6H2,1H3,(H3,14,15,16,17,18,19,20). The number of fused-ring (bicyclic) bond motifs is 1. The van der Waals surface area contributed by atoms with E-state index < -0.39 is 0 Å². The van der Waals surface area contributed by atoms with E-state index in [-0.39, 0.29) is 0 Å². The van der Waals surface area contributed by atoms with Crippen molar-refractivity contribution in [3.05, 3.63) is 30.7 Å². The second-order valence-corrected chi connectivity index (χ2v) is 4.27. The van der Waals surface area contributed by atoms with Gasteiger partial charge in [-0.1, -0.05) is 13.0 Å². The van der Waals surface area contributed by atoms with Gasteiger partial charge in [0.25, 0.3) is 0 Å². The molecule has 7 nitrogen and oxygen atoms in total. The van der Waals surface area contributed by atoms with E-state index in [2.05, 4.69) is 42.5 Å². The number of aromatic nitrogens is 5. The van der Waals surface area contributed by atoms with Crippen molar-refractivity contribution in [2.24, 2.45) is 0 Å². The molecule has 0 bridgehead atoms. The average Bonchev–Trinajstić information content (AvgIpc) is 2.89. The fourth-order valence-corrected chi connectivity index (χ4v) is 1.82. The molecular formula is C13H15N7. The summed E-state index contributed by atoms with van der Waals surface area (Å²) in [6.45, 7) is 2.96. The smallest absolute Gasteiger partial charge is 0.208 e. The summed E-state index contributed by atoms with van der Waals surface area (Å²) in [6.07, 6.45) is 4.25. The average molecular weight is 269 g/mol. The molecule has 0 amide bonds. The number of hydrogen-bond donors (Lipinski definition) is 3. The summed E-state index contributed by atoms with van der Waals surface area (Å²) in [4.78, 5) is 20.1. The molecule has 0 aliphatic heterocycles. The van der Waals surface area contributed by atoms with E-state index in [0.717, 1.165) is 30.1 Å². The van der Waals surface area contributed by atoms with Crippen LogP contribution in [0.5, 0.6) is 0 Å². The van der Waals surface area contributed by atoms with Gasteiger partial charge in [-0.3, -0.25) is 0 Å². The first-order chi connectivity index (χ1) is 9.86. The maximum atomic E-state index is 4.38. The van der Waals surface area contributed by atoms with Gasteiger partial charge in [0.15, 0.2) is 11.5 Å². The second kappa shape index (κ2) is 5.52. The first-order valence-electron chi connectivity index (χ1n) is 6.49. The number of rotatable bonds is 5. The molecule has 0 unspecified atom stereocenters. The Kier molecular flexibility index (Phi) is 3.40. The molecule has 3 aromatic rings. The normalized spacial score (nSPS) is 10.7. The van der Waals surface area contributed by atoms with E-state index in [4.69, 9.17) is 0 Å². The number of aromatic amines is 1. The van der Waals surface area contributed by atoms with Crippen molar-refractivity contribution >= 4 is 28.7 Å². The Morgan fingerprint density at radius 1 is 1.20 bits per heavy atom. The Morgan fingerprint density at radius 2 is 2.15 bits per heavy atom. The highest BCUT2D eigenvalue weighted by molar-refractivity contribution is 5.84. The molecule has 3 N–H and O–H groups in total. The van der Waals surface area contributed by atoms with Gasteiger partial charge in [0, 0.05) is 12.7 Å². The summed E-state index contributed by atoms with van der Waals surface area (Å²) >= 11 is 0. The summed E-state index contributed by atoms with van der Waals surface area (Å²) < 4.78 is 0. The van der Waals surface area contributed by atoms with Gasteiger partial charge in [-0.05, 0) is 18.6 Å². The largest absolute Gasteiger partial charge is 0.368 e. The highest BCUT2D eigenvalue weighted by Crippen LogP contribution is 2.20. The van der Waals surface area contributed by atoms with Crippen LogP contribution in [-0.4, -0.2) is 31.5 Å². The van der Waals surface area contributed by atoms with Gasteiger partial charge in [-0.15, -0.1) is 0 Å². The van der Waals surface area contributed by atoms with Crippen LogP contribution >= 0.6 is 0 Å². The monoisotopic (exact) mass is 269 g/mol. The summed E-state index contributed by atoms with van der Waals surface area (Å²) in [5.41, 5.74) is 1.41. The van der Waals surface area contributed by atoms with Gasteiger partial charge in [0.2, 0.25) is 5.95 Å². The Bertz CT molecular complexity index is 692. The molecule has 0 spiro atoms. The quantitative estimate of drug-likeness (QED) is 0.658. The van der Waals surface area contributed by atoms with E-state index in [1.54, 1.807) is 6.20 Å². The van der Waals surface area contributed by atoms with Crippen LogP contribution in [0.2, 0.25) is 0 Å². The minimum absolute atomic E-state index is 0.596. The fourth-order valence-electron chi connectivity index (χ4n) is 1.82. The van der Waals surface area contributed by atoms with Crippen LogP contribution in [0.4, 0.5) is 17.6 Å². The highest BCUT2D eigenvalue weighted by Gasteiger charge is 2.09. The molecule has 0 aliphatic rings. The minimum Gasteiger partial charge on any atom is -0.368 e. The van der Waals surface area contributed by atoms with E-state index >= 15 is 0 Å². The molecule has 3 heterocycles. The number of nitrogens with one attached hydrogen (secondary N) is 3. The molecule has 20 heavy (non-hydrogen) atoms. The lowest BCUT2D eigenvalue weighted by atomic mass is 10.4. The number of H-pyrrole nitrogens is 1. The van der Waals surface area contributed by atoms with Gasteiger partial charge in [-0.2, -0.15) is 4.98 Å². The molecule has 102 valence electrons. The van der Waals surface area contributed by atoms with Crippen molar-refractivity contribution in [3.8, 4) is 0 Å². The molecule has 0 aliphatic carbocycles. The maximum absolute atomic E-state index is 4.38. The summed E-state index contributed by atoms with van der Waals surface area (Å²) in [7, 11) is 0. The van der Waals surface area contributed by atoms with Crippen LogP contribution in [0.15, 0.2) is 30.7 Å². The van der Waals surface area contributed by atoms with E-state index in [0.29, 0.717) is 11.6 Å². The Morgan fingerprint density at radius 3 is 2.95 bits per heavy atom. The molecule has 0 saturated heterocycles. The fraction of sp³-hybridized carbons (Fsp3) is 0.231. The van der Waals surface area contributed by atoms with Crippen molar-refractivity contribution in [3.63, 3.8) is 0 Å². The van der Waals surface area contributed by atoms with Gasteiger partial charge in [0.05, 0.1) is 0 Å². The number of anilines is 3. The van der Waals surface area contributed by atoms with Crippen LogP contribution < -0.4 is 10.6 Å². The topological polar surface area (TPSA) is 91.4 Å². The predicted molar refractivity (Wildman–Crippen MR) is 78.0 cm³/mol. The maximum Gasteiger partial charge on any atom is 0.208 e. The summed E-state index contributed by atoms with van der Waals surface area (Å²) in [5, 5.41) is 6.35. The molecule has 3 aromatic heterocycles. The van der Waals surface area contributed by atoms with Gasteiger partial charge >= 0.3 is 0 Å². The Labute approximate surface area is 115 Å². The van der Waals surface area contributed by atoms with Crippen LogP contribution in [0, 0.1) is 0 Å². The summed E-state index contributed by atoms with van der Waals surface area (Å²) in [6, 6.07) is 5.64. The number of imidazole rings is 1.